The van der Waals surface area contributed by atoms with Crippen LogP contribution < -0.4 is 10.5 Å². The van der Waals surface area contributed by atoms with E-state index in [1.807, 2.05) is 6.07 Å². The molecule has 18 heavy (non-hydrogen) atoms. The molecular formula is C11H6ClFN4O. The first-order chi connectivity index (χ1) is 8.61. The number of benzene rings is 1. The molecule has 90 valence electrons. The Morgan fingerprint density at radius 1 is 1.39 bits per heavy atom. The molecule has 0 bridgehead atoms. The molecule has 0 saturated heterocycles. The van der Waals surface area contributed by atoms with Crippen LogP contribution in [0.5, 0.6) is 11.6 Å². The minimum Gasteiger partial charge on any atom is -0.434 e. The fraction of sp³-hybridized carbons (Fsp3) is 0. The molecule has 0 saturated carbocycles. The van der Waals surface area contributed by atoms with Crippen molar-refractivity contribution in [1.82, 2.24) is 9.97 Å². The number of hydrogen-bond acceptors (Lipinski definition) is 5. The standard InChI is InChI=1S/C11H6ClFN4O/c12-10-9(15)11(17-5-16-10)18-8-2-1-6(4-14)3-7(8)13/h1-3,5H,15H2. The summed E-state index contributed by atoms with van der Waals surface area (Å²) in [5.74, 6) is -0.836. The predicted molar refractivity (Wildman–Crippen MR) is 62.6 cm³/mol. The zero-order valence-electron chi connectivity index (χ0n) is 8.89. The van der Waals surface area contributed by atoms with Crippen molar-refractivity contribution in [1.29, 1.82) is 5.26 Å². The van der Waals surface area contributed by atoms with Gasteiger partial charge in [0.05, 0.1) is 11.6 Å². The summed E-state index contributed by atoms with van der Waals surface area (Å²) < 4.78 is 18.7. The third kappa shape index (κ3) is 2.31. The van der Waals surface area contributed by atoms with Gasteiger partial charge in [0.25, 0.3) is 0 Å². The lowest BCUT2D eigenvalue weighted by Crippen LogP contribution is -1.98. The van der Waals surface area contributed by atoms with E-state index in [9.17, 15) is 4.39 Å². The van der Waals surface area contributed by atoms with Gasteiger partial charge in [-0.2, -0.15) is 10.2 Å². The van der Waals surface area contributed by atoms with Crippen LogP contribution in [0, 0.1) is 17.1 Å². The normalized spacial score (nSPS) is 9.83. The van der Waals surface area contributed by atoms with Crippen LogP contribution in [0.4, 0.5) is 10.1 Å². The minimum atomic E-state index is -0.691. The summed E-state index contributed by atoms with van der Waals surface area (Å²) >= 11 is 5.67. The molecule has 1 aromatic heterocycles. The highest BCUT2D eigenvalue weighted by molar-refractivity contribution is 6.32. The van der Waals surface area contributed by atoms with Crippen LogP contribution in [0.3, 0.4) is 0 Å². The van der Waals surface area contributed by atoms with Crippen LogP contribution in [-0.4, -0.2) is 9.97 Å². The molecule has 0 aliphatic heterocycles. The Bertz CT molecular complexity index is 641. The average molecular weight is 265 g/mol. The van der Waals surface area contributed by atoms with Crippen LogP contribution in [-0.2, 0) is 0 Å². The second-order valence-electron chi connectivity index (χ2n) is 3.24. The van der Waals surface area contributed by atoms with Gasteiger partial charge < -0.3 is 10.5 Å². The van der Waals surface area contributed by atoms with Crippen molar-refractivity contribution < 1.29 is 9.13 Å². The summed E-state index contributed by atoms with van der Waals surface area (Å²) in [5, 5.41) is 8.63. The van der Waals surface area contributed by atoms with Crippen molar-refractivity contribution in [3.8, 4) is 17.7 Å². The number of halogens is 2. The number of anilines is 1. The van der Waals surface area contributed by atoms with Gasteiger partial charge >= 0.3 is 0 Å². The Kier molecular flexibility index (Phi) is 3.26. The number of aromatic nitrogens is 2. The van der Waals surface area contributed by atoms with E-state index in [4.69, 9.17) is 27.3 Å². The van der Waals surface area contributed by atoms with E-state index < -0.39 is 5.82 Å². The molecule has 0 radical (unpaired) electrons. The highest BCUT2D eigenvalue weighted by Crippen LogP contribution is 2.30. The molecule has 0 aliphatic carbocycles. The summed E-state index contributed by atoms with van der Waals surface area (Å²) in [4.78, 5) is 7.39. The Morgan fingerprint density at radius 3 is 2.83 bits per heavy atom. The van der Waals surface area contributed by atoms with E-state index in [1.54, 1.807) is 0 Å². The molecule has 5 nitrogen and oxygen atoms in total. The minimum absolute atomic E-state index is 0.0166. The topological polar surface area (TPSA) is 84.8 Å². The van der Waals surface area contributed by atoms with Crippen molar-refractivity contribution >= 4 is 17.3 Å². The van der Waals surface area contributed by atoms with Gasteiger partial charge in [-0.05, 0) is 18.2 Å². The first-order valence-corrected chi connectivity index (χ1v) is 5.13. The molecule has 0 spiro atoms. The quantitative estimate of drug-likeness (QED) is 0.843. The molecule has 1 aromatic carbocycles. The zero-order chi connectivity index (χ0) is 13.1. The van der Waals surface area contributed by atoms with E-state index in [1.165, 1.54) is 12.1 Å². The van der Waals surface area contributed by atoms with Gasteiger partial charge in [-0.3, -0.25) is 0 Å². The summed E-state index contributed by atoms with van der Waals surface area (Å²) in [6, 6.07) is 5.59. The third-order valence-electron chi connectivity index (χ3n) is 2.07. The SMILES string of the molecule is N#Cc1ccc(Oc2ncnc(Cl)c2N)c(F)c1. The van der Waals surface area contributed by atoms with Crippen molar-refractivity contribution in [3.05, 3.63) is 41.1 Å². The van der Waals surface area contributed by atoms with Crippen LogP contribution in [0.25, 0.3) is 0 Å². The van der Waals surface area contributed by atoms with Gasteiger partial charge in [0.2, 0.25) is 5.88 Å². The van der Waals surface area contributed by atoms with Gasteiger partial charge in [0.15, 0.2) is 16.7 Å². The summed E-state index contributed by atoms with van der Waals surface area (Å²) in [7, 11) is 0. The maximum absolute atomic E-state index is 13.6. The molecule has 7 heteroatoms. The molecule has 2 rings (SSSR count). The first kappa shape index (κ1) is 12.1. The molecule has 1 heterocycles. The second-order valence-corrected chi connectivity index (χ2v) is 3.60. The van der Waals surface area contributed by atoms with E-state index in [0.717, 1.165) is 12.4 Å². The van der Waals surface area contributed by atoms with Crippen LogP contribution in [0.15, 0.2) is 24.5 Å². The smallest absolute Gasteiger partial charge is 0.247 e. The number of ether oxygens (including phenoxy) is 1. The molecule has 0 atom stereocenters. The Hall–Kier alpha value is -2.39. The number of nitrogens with two attached hydrogens (primary N) is 1. The van der Waals surface area contributed by atoms with Crippen molar-refractivity contribution in [2.45, 2.75) is 0 Å². The van der Waals surface area contributed by atoms with E-state index in [2.05, 4.69) is 9.97 Å². The number of nitrogen functional groups attached to an aromatic ring is 1. The highest BCUT2D eigenvalue weighted by atomic mass is 35.5. The second kappa shape index (κ2) is 4.85. The van der Waals surface area contributed by atoms with E-state index >= 15 is 0 Å². The predicted octanol–water partition coefficient (Wildman–Crippen LogP) is 2.52. The van der Waals surface area contributed by atoms with E-state index in [-0.39, 0.29) is 28.0 Å². The Labute approximate surface area is 107 Å². The summed E-state index contributed by atoms with van der Waals surface area (Å²) in [6.07, 6.45) is 1.15. The van der Waals surface area contributed by atoms with Gasteiger partial charge in [0.1, 0.15) is 12.0 Å². The Balaban J connectivity index is 2.35. The summed E-state index contributed by atoms with van der Waals surface area (Å²) in [6.45, 7) is 0. The maximum Gasteiger partial charge on any atom is 0.247 e. The van der Waals surface area contributed by atoms with Gasteiger partial charge in [-0.1, -0.05) is 11.6 Å². The number of hydrogen-bond donors (Lipinski definition) is 1. The van der Waals surface area contributed by atoms with E-state index in [0.29, 0.717) is 0 Å². The monoisotopic (exact) mass is 264 g/mol. The fourth-order valence-corrected chi connectivity index (χ4v) is 1.32. The number of nitriles is 1. The molecule has 0 unspecified atom stereocenters. The molecule has 2 aromatic rings. The van der Waals surface area contributed by atoms with Crippen LogP contribution in [0.2, 0.25) is 5.15 Å². The third-order valence-corrected chi connectivity index (χ3v) is 2.37. The highest BCUT2D eigenvalue weighted by Gasteiger charge is 2.11. The Morgan fingerprint density at radius 2 is 2.17 bits per heavy atom. The van der Waals surface area contributed by atoms with Crippen molar-refractivity contribution in [2.24, 2.45) is 0 Å². The van der Waals surface area contributed by atoms with Crippen molar-refractivity contribution in [3.63, 3.8) is 0 Å². The van der Waals surface area contributed by atoms with Crippen LogP contribution >= 0.6 is 11.6 Å². The lowest BCUT2D eigenvalue weighted by atomic mass is 10.2. The number of rotatable bonds is 2. The zero-order valence-corrected chi connectivity index (χ0v) is 9.65. The van der Waals surface area contributed by atoms with Crippen molar-refractivity contribution in [2.75, 3.05) is 5.73 Å². The number of nitrogens with zero attached hydrogens (tertiary/aromatic N) is 3. The average Bonchev–Trinajstić information content (AvgIpc) is 2.37. The molecule has 0 fully saturated rings. The van der Waals surface area contributed by atoms with Gasteiger partial charge in [0, 0.05) is 0 Å². The maximum atomic E-state index is 13.6. The van der Waals surface area contributed by atoms with Crippen LogP contribution in [0.1, 0.15) is 5.56 Å². The first-order valence-electron chi connectivity index (χ1n) is 4.75. The lowest BCUT2D eigenvalue weighted by Gasteiger charge is -2.08. The largest absolute Gasteiger partial charge is 0.434 e. The van der Waals surface area contributed by atoms with Gasteiger partial charge in [-0.25, -0.2) is 9.37 Å². The fourth-order valence-electron chi connectivity index (χ4n) is 1.20. The molecule has 2 N–H and O–H groups in total. The molecule has 0 aliphatic rings. The lowest BCUT2D eigenvalue weighted by molar-refractivity contribution is 0.428. The van der Waals surface area contributed by atoms with Gasteiger partial charge in [-0.15, -0.1) is 0 Å². The summed E-state index contributed by atoms with van der Waals surface area (Å²) in [5.41, 5.74) is 5.78. The molecular weight excluding hydrogens is 259 g/mol. The molecule has 0 amide bonds.